The highest BCUT2D eigenvalue weighted by atomic mass is 35.5. The van der Waals surface area contributed by atoms with Crippen LogP contribution < -0.4 is 15.4 Å². The van der Waals surface area contributed by atoms with Gasteiger partial charge in [0.15, 0.2) is 11.3 Å². The summed E-state index contributed by atoms with van der Waals surface area (Å²) in [6.07, 6.45) is 3.30. The molecule has 11 heteroatoms. The van der Waals surface area contributed by atoms with Crippen LogP contribution in [-0.2, 0) is 17.9 Å². The number of fused-ring (bicyclic) bond motifs is 1. The molecule has 2 N–H and O–H groups in total. The van der Waals surface area contributed by atoms with E-state index in [2.05, 4.69) is 25.7 Å². The molecule has 5 rings (SSSR count). The predicted octanol–water partition coefficient (Wildman–Crippen LogP) is 5.37. The predicted molar refractivity (Wildman–Crippen MR) is 151 cm³/mol. The fraction of sp³-hybridized carbons (Fsp3) is 0.172. The Morgan fingerprint density at radius 1 is 1.05 bits per heavy atom. The summed E-state index contributed by atoms with van der Waals surface area (Å²) in [6, 6.07) is 18.8. The third kappa shape index (κ3) is 6.71. The summed E-state index contributed by atoms with van der Waals surface area (Å²) < 4.78 is 25.9. The third-order valence-electron chi connectivity index (χ3n) is 5.98. The van der Waals surface area contributed by atoms with Crippen LogP contribution in [0.4, 0.5) is 15.9 Å². The highest BCUT2D eigenvalue weighted by Gasteiger charge is 2.12. The van der Waals surface area contributed by atoms with Gasteiger partial charge in [0.1, 0.15) is 30.0 Å². The second-order valence-corrected chi connectivity index (χ2v) is 9.32. The fourth-order valence-corrected chi connectivity index (χ4v) is 4.23. The molecule has 0 aliphatic heterocycles. The van der Waals surface area contributed by atoms with E-state index in [1.165, 1.54) is 18.5 Å². The zero-order valence-corrected chi connectivity index (χ0v) is 22.4. The van der Waals surface area contributed by atoms with Crippen LogP contribution in [-0.4, -0.2) is 45.9 Å². The quantitative estimate of drug-likeness (QED) is 0.209. The lowest BCUT2D eigenvalue weighted by molar-refractivity contribution is 0.0937. The smallest absolute Gasteiger partial charge is 0.251 e. The summed E-state index contributed by atoms with van der Waals surface area (Å²) in [6.45, 7) is 1.60. The molecule has 2 heterocycles. The number of hydrogen-bond acceptors (Lipinski definition) is 7. The number of anilines is 2. The summed E-state index contributed by atoms with van der Waals surface area (Å²) in [4.78, 5) is 20.9. The number of amides is 1. The van der Waals surface area contributed by atoms with E-state index in [9.17, 15) is 9.18 Å². The first-order valence-electron chi connectivity index (χ1n) is 12.5. The summed E-state index contributed by atoms with van der Waals surface area (Å²) in [5.41, 5.74) is 4.22. The van der Waals surface area contributed by atoms with Gasteiger partial charge in [-0.15, -0.1) is 0 Å². The van der Waals surface area contributed by atoms with E-state index in [0.717, 1.165) is 5.56 Å². The minimum Gasteiger partial charge on any atom is -0.487 e. The van der Waals surface area contributed by atoms with Gasteiger partial charge in [0.2, 0.25) is 0 Å². The largest absolute Gasteiger partial charge is 0.487 e. The van der Waals surface area contributed by atoms with Crippen molar-refractivity contribution < 1.29 is 18.7 Å². The van der Waals surface area contributed by atoms with Gasteiger partial charge in [0.25, 0.3) is 5.91 Å². The molecule has 0 atom stereocenters. The molecule has 2 aromatic heterocycles. The number of nitrogens with one attached hydrogen (secondary N) is 2. The maximum atomic E-state index is 13.4. The minimum absolute atomic E-state index is 0.147. The normalized spacial score (nSPS) is 11.0. The number of benzene rings is 3. The lowest BCUT2D eigenvalue weighted by Crippen LogP contribution is -2.26. The molecule has 3 aromatic carbocycles. The van der Waals surface area contributed by atoms with Crippen molar-refractivity contribution in [2.45, 2.75) is 13.2 Å². The van der Waals surface area contributed by atoms with E-state index in [1.54, 1.807) is 48.2 Å². The SMILES string of the molecule is COCCNC(=O)c1ccc(Cn2cc3ncnc(Nc4ccc(OCc5cccc(F)c5)c(Cl)c4)c3n2)cc1. The molecule has 0 unspecified atom stereocenters. The second kappa shape index (κ2) is 12.5. The topological polar surface area (TPSA) is 103 Å². The standard InChI is InChI=1S/C29H26ClFN6O3/c1-39-12-11-32-29(38)21-7-5-19(6-8-21)15-37-16-25-27(36-37)28(34-18-33-25)35-23-9-10-26(24(30)14-23)40-17-20-3-2-4-22(31)13-20/h2-10,13-14,16,18H,11-12,15,17H2,1H3,(H,32,38)(H,33,34,35). The number of aromatic nitrogens is 4. The van der Waals surface area contributed by atoms with Crippen molar-refractivity contribution in [1.29, 1.82) is 0 Å². The van der Waals surface area contributed by atoms with E-state index in [4.69, 9.17) is 21.1 Å². The highest BCUT2D eigenvalue weighted by Crippen LogP contribution is 2.30. The van der Waals surface area contributed by atoms with Crippen molar-refractivity contribution in [2.75, 3.05) is 25.6 Å². The van der Waals surface area contributed by atoms with Gasteiger partial charge in [0.05, 0.1) is 24.4 Å². The van der Waals surface area contributed by atoms with Gasteiger partial charge in [-0.05, 0) is 53.6 Å². The number of hydrogen-bond donors (Lipinski definition) is 2. The summed E-state index contributed by atoms with van der Waals surface area (Å²) >= 11 is 6.45. The Labute approximate surface area is 234 Å². The Balaban J connectivity index is 1.25. The number of halogens is 2. The Morgan fingerprint density at radius 2 is 1.90 bits per heavy atom. The van der Waals surface area contributed by atoms with E-state index in [0.29, 0.717) is 64.1 Å². The molecule has 1 amide bonds. The van der Waals surface area contributed by atoms with Gasteiger partial charge in [-0.1, -0.05) is 35.9 Å². The number of ether oxygens (including phenoxy) is 2. The Morgan fingerprint density at radius 3 is 2.67 bits per heavy atom. The molecule has 0 radical (unpaired) electrons. The van der Waals surface area contributed by atoms with Crippen LogP contribution in [0.3, 0.4) is 0 Å². The molecule has 204 valence electrons. The van der Waals surface area contributed by atoms with Crippen LogP contribution in [0.15, 0.2) is 79.3 Å². The van der Waals surface area contributed by atoms with Crippen molar-refractivity contribution in [3.8, 4) is 5.75 Å². The average molecular weight is 561 g/mol. The van der Waals surface area contributed by atoms with Crippen LogP contribution >= 0.6 is 11.6 Å². The van der Waals surface area contributed by atoms with Crippen molar-refractivity contribution in [3.05, 3.63) is 107 Å². The Bertz CT molecular complexity index is 1630. The van der Waals surface area contributed by atoms with Crippen LogP contribution in [0.1, 0.15) is 21.5 Å². The van der Waals surface area contributed by atoms with Crippen LogP contribution in [0.2, 0.25) is 5.02 Å². The van der Waals surface area contributed by atoms with Gasteiger partial charge in [0, 0.05) is 24.9 Å². The van der Waals surface area contributed by atoms with Crippen molar-refractivity contribution in [1.82, 2.24) is 25.1 Å². The second-order valence-electron chi connectivity index (χ2n) is 8.92. The number of rotatable bonds is 11. The zero-order valence-electron chi connectivity index (χ0n) is 21.6. The van der Waals surface area contributed by atoms with Gasteiger partial charge in [-0.3, -0.25) is 9.48 Å². The van der Waals surface area contributed by atoms with Gasteiger partial charge >= 0.3 is 0 Å². The molecule has 5 aromatic rings. The molecule has 0 bridgehead atoms. The van der Waals surface area contributed by atoms with Gasteiger partial charge in [-0.2, -0.15) is 5.10 Å². The maximum Gasteiger partial charge on any atom is 0.251 e. The molecular formula is C29H26ClFN6O3. The number of carbonyl (C=O) groups excluding carboxylic acids is 1. The maximum absolute atomic E-state index is 13.4. The van der Waals surface area contributed by atoms with Crippen molar-refractivity contribution in [3.63, 3.8) is 0 Å². The van der Waals surface area contributed by atoms with Crippen molar-refractivity contribution >= 4 is 40.0 Å². The first-order valence-corrected chi connectivity index (χ1v) is 12.8. The molecule has 0 aliphatic rings. The van der Waals surface area contributed by atoms with Gasteiger partial charge in [-0.25, -0.2) is 14.4 Å². The first kappa shape index (κ1) is 27.0. The fourth-order valence-electron chi connectivity index (χ4n) is 3.99. The summed E-state index contributed by atoms with van der Waals surface area (Å²) in [5.74, 6) is 0.538. The Kier molecular flexibility index (Phi) is 8.48. The van der Waals surface area contributed by atoms with E-state index >= 15 is 0 Å². The lowest BCUT2D eigenvalue weighted by atomic mass is 10.1. The third-order valence-corrected chi connectivity index (χ3v) is 6.28. The summed E-state index contributed by atoms with van der Waals surface area (Å²) in [7, 11) is 1.59. The van der Waals surface area contributed by atoms with E-state index < -0.39 is 0 Å². The lowest BCUT2D eigenvalue weighted by Gasteiger charge is -2.11. The zero-order chi connectivity index (χ0) is 27.9. The molecule has 9 nitrogen and oxygen atoms in total. The number of nitrogens with zero attached hydrogens (tertiary/aromatic N) is 4. The molecular weight excluding hydrogens is 535 g/mol. The van der Waals surface area contributed by atoms with Crippen LogP contribution in [0.5, 0.6) is 5.75 Å². The van der Waals surface area contributed by atoms with E-state index in [-0.39, 0.29) is 18.3 Å². The summed E-state index contributed by atoms with van der Waals surface area (Å²) in [5, 5.41) is 11.1. The minimum atomic E-state index is -0.318. The molecule has 40 heavy (non-hydrogen) atoms. The molecule has 0 saturated carbocycles. The van der Waals surface area contributed by atoms with Crippen molar-refractivity contribution in [2.24, 2.45) is 0 Å². The van der Waals surface area contributed by atoms with Gasteiger partial charge < -0.3 is 20.1 Å². The molecule has 0 aliphatic carbocycles. The Hall–Kier alpha value is -4.54. The van der Waals surface area contributed by atoms with E-state index in [1.807, 2.05) is 24.4 Å². The molecule has 0 fully saturated rings. The first-order chi connectivity index (χ1) is 19.5. The average Bonchev–Trinajstić information content (AvgIpc) is 3.37. The molecule has 0 spiro atoms. The monoisotopic (exact) mass is 560 g/mol. The highest BCUT2D eigenvalue weighted by molar-refractivity contribution is 6.32. The number of methoxy groups -OCH3 is 1. The number of carbonyl (C=O) groups is 1. The van der Waals surface area contributed by atoms with Crippen LogP contribution in [0.25, 0.3) is 11.0 Å². The molecule has 0 saturated heterocycles. The van der Waals surface area contributed by atoms with Crippen LogP contribution in [0, 0.1) is 5.82 Å².